The molecule has 1 aliphatic heterocycles. The highest BCUT2D eigenvalue weighted by Crippen LogP contribution is 2.39. The van der Waals surface area contributed by atoms with Crippen molar-refractivity contribution in [2.45, 2.75) is 13.0 Å². The number of pyridine rings is 1. The van der Waals surface area contributed by atoms with Gasteiger partial charge < -0.3 is 14.9 Å². The highest BCUT2D eigenvalue weighted by atomic mass is 16.3. The molecule has 1 aliphatic rings. The summed E-state index contributed by atoms with van der Waals surface area (Å²) in [5.74, 6) is -1.48. The molecule has 4 rings (SSSR count). The van der Waals surface area contributed by atoms with Crippen molar-refractivity contribution in [3.63, 3.8) is 0 Å². The molecule has 3 aromatic rings. The van der Waals surface area contributed by atoms with Crippen LogP contribution < -0.4 is 0 Å². The first kappa shape index (κ1) is 19.8. The zero-order valence-corrected chi connectivity index (χ0v) is 17.2. The number of aliphatic hydroxyl groups excluding tert-OH is 1. The van der Waals surface area contributed by atoms with E-state index in [1.54, 1.807) is 22.4 Å². The van der Waals surface area contributed by atoms with Gasteiger partial charge in [0.15, 0.2) is 5.76 Å². The van der Waals surface area contributed by atoms with Gasteiger partial charge in [-0.3, -0.25) is 14.0 Å². The lowest BCUT2D eigenvalue weighted by Crippen LogP contribution is -2.35. The summed E-state index contributed by atoms with van der Waals surface area (Å²) < 4.78 is 1.74. The third kappa shape index (κ3) is 3.27. The Morgan fingerprint density at radius 1 is 1.10 bits per heavy atom. The second-order valence-electron chi connectivity index (χ2n) is 7.68. The van der Waals surface area contributed by atoms with E-state index in [2.05, 4.69) is 4.98 Å². The average Bonchev–Trinajstić information content (AvgIpc) is 3.20. The van der Waals surface area contributed by atoms with E-state index >= 15 is 0 Å². The Hall–Kier alpha value is -3.45. The predicted octanol–water partition coefficient (Wildman–Crippen LogP) is 2.63. The van der Waals surface area contributed by atoms with Gasteiger partial charge in [0.2, 0.25) is 0 Å². The number of benzene rings is 1. The highest BCUT2D eigenvalue weighted by molar-refractivity contribution is 6.46. The summed E-state index contributed by atoms with van der Waals surface area (Å²) in [6.45, 7) is 2.76. The molecule has 7 nitrogen and oxygen atoms in total. The molecule has 2 aromatic heterocycles. The number of amides is 1. The van der Waals surface area contributed by atoms with E-state index in [0.717, 1.165) is 5.56 Å². The Labute approximate surface area is 174 Å². The van der Waals surface area contributed by atoms with E-state index < -0.39 is 17.7 Å². The number of carbonyl (C=O) groups excluding carboxylic acids is 2. The number of fused-ring (bicyclic) bond motifs is 1. The van der Waals surface area contributed by atoms with E-state index in [0.29, 0.717) is 30.1 Å². The van der Waals surface area contributed by atoms with Crippen LogP contribution in [0.5, 0.6) is 0 Å². The number of hydrogen-bond donors (Lipinski definition) is 1. The van der Waals surface area contributed by atoms with Gasteiger partial charge in [-0.25, -0.2) is 4.98 Å². The maximum absolute atomic E-state index is 13.1. The van der Waals surface area contributed by atoms with Gasteiger partial charge in [-0.2, -0.15) is 0 Å². The van der Waals surface area contributed by atoms with Crippen molar-refractivity contribution >= 4 is 23.1 Å². The van der Waals surface area contributed by atoms with Crippen molar-refractivity contribution in [1.29, 1.82) is 0 Å². The SMILES string of the molecule is Cc1nc2ccccn2c1/C(O)=C1/C(=O)C(=O)N(CCN(C)C)C1c1ccccc1. The molecule has 1 amide bonds. The van der Waals surface area contributed by atoms with Crippen molar-refractivity contribution < 1.29 is 14.7 Å². The zero-order chi connectivity index (χ0) is 21.4. The lowest BCUT2D eigenvalue weighted by molar-refractivity contribution is -0.140. The molecule has 3 heterocycles. The molecule has 1 saturated heterocycles. The largest absolute Gasteiger partial charge is 0.505 e. The summed E-state index contributed by atoms with van der Waals surface area (Å²) in [7, 11) is 3.83. The number of aliphatic hydroxyl groups is 1. The summed E-state index contributed by atoms with van der Waals surface area (Å²) >= 11 is 0. The van der Waals surface area contributed by atoms with Gasteiger partial charge in [0.25, 0.3) is 11.7 Å². The van der Waals surface area contributed by atoms with Crippen LogP contribution in [0.15, 0.2) is 60.3 Å². The lowest BCUT2D eigenvalue weighted by atomic mass is 9.96. The predicted molar refractivity (Wildman–Crippen MR) is 114 cm³/mol. The topological polar surface area (TPSA) is 78.1 Å². The molecule has 30 heavy (non-hydrogen) atoms. The molecule has 1 N–H and O–H groups in total. The van der Waals surface area contributed by atoms with E-state index in [1.807, 2.05) is 67.5 Å². The minimum Gasteiger partial charge on any atom is -0.505 e. The Bertz CT molecular complexity index is 1150. The minimum absolute atomic E-state index is 0.0960. The van der Waals surface area contributed by atoms with Crippen molar-refractivity contribution in [3.8, 4) is 0 Å². The number of nitrogens with zero attached hydrogens (tertiary/aromatic N) is 4. The third-order valence-corrected chi connectivity index (χ3v) is 5.37. The van der Waals surface area contributed by atoms with Gasteiger partial charge in [0.05, 0.1) is 17.3 Å². The van der Waals surface area contributed by atoms with Gasteiger partial charge in [-0.15, -0.1) is 0 Å². The van der Waals surface area contributed by atoms with Gasteiger partial charge in [0, 0.05) is 19.3 Å². The smallest absolute Gasteiger partial charge is 0.295 e. The fourth-order valence-corrected chi connectivity index (χ4v) is 3.93. The second-order valence-corrected chi connectivity index (χ2v) is 7.68. The molecular weight excluding hydrogens is 380 g/mol. The number of aromatic nitrogens is 2. The van der Waals surface area contributed by atoms with Crippen LogP contribution >= 0.6 is 0 Å². The first-order chi connectivity index (χ1) is 14.4. The van der Waals surface area contributed by atoms with Gasteiger partial charge in [0.1, 0.15) is 11.3 Å². The summed E-state index contributed by atoms with van der Waals surface area (Å²) in [6.07, 6.45) is 1.78. The molecule has 0 spiro atoms. The van der Waals surface area contributed by atoms with E-state index in [-0.39, 0.29) is 11.3 Å². The van der Waals surface area contributed by atoms with Gasteiger partial charge in [-0.1, -0.05) is 36.4 Å². The van der Waals surface area contributed by atoms with Crippen molar-refractivity contribution in [2.75, 3.05) is 27.2 Å². The van der Waals surface area contributed by atoms with Crippen molar-refractivity contribution in [2.24, 2.45) is 0 Å². The fourth-order valence-electron chi connectivity index (χ4n) is 3.93. The molecule has 1 fully saturated rings. The molecule has 1 aromatic carbocycles. The monoisotopic (exact) mass is 404 g/mol. The maximum Gasteiger partial charge on any atom is 0.295 e. The summed E-state index contributed by atoms with van der Waals surface area (Å²) in [5, 5.41) is 11.3. The van der Waals surface area contributed by atoms with Crippen LogP contribution in [0.25, 0.3) is 11.4 Å². The number of carbonyl (C=O) groups is 2. The molecule has 1 unspecified atom stereocenters. The summed E-state index contributed by atoms with van der Waals surface area (Å²) in [4.78, 5) is 34.0. The molecule has 0 saturated carbocycles. The summed E-state index contributed by atoms with van der Waals surface area (Å²) in [6, 6.07) is 14.2. The Balaban J connectivity index is 1.92. The molecule has 1 atom stereocenters. The summed E-state index contributed by atoms with van der Waals surface area (Å²) in [5.41, 5.74) is 2.55. The maximum atomic E-state index is 13.1. The fraction of sp³-hybridized carbons (Fsp3) is 0.261. The Morgan fingerprint density at radius 3 is 2.50 bits per heavy atom. The number of hydrogen-bond acceptors (Lipinski definition) is 5. The zero-order valence-electron chi connectivity index (χ0n) is 17.2. The first-order valence-electron chi connectivity index (χ1n) is 9.82. The second kappa shape index (κ2) is 7.76. The van der Waals surface area contributed by atoms with Crippen molar-refractivity contribution in [1.82, 2.24) is 19.2 Å². The number of likely N-dealkylation sites (tertiary alicyclic amines) is 1. The number of Topliss-reactive ketones (excluding diaryl/α,β-unsaturated/α-hetero) is 1. The number of aryl methyl sites for hydroxylation is 1. The molecule has 0 bridgehead atoms. The van der Waals surface area contributed by atoms with E-state index in [1.165, 1.54) is 0 Å². The van der Waals surface area contributed by atoms with Crippen LogP contribution in [-0.4, -0.2) is 63.2 Å². The standard InChI is InChI=1S/C23H24N4O3/c1-15-19(26-12-8-7-11-17(26)24-15)21(28)18-20(16-9-5-4-6-10-16)27(14-13-25(2)3)23(30)22(18)29/h4-12,20,28H,13-14H2,1-3H3/b21-18-. The quantitative estimate of drug-likeness (QED) is 0.402. The Morgan fingerprint density at radius 2 is 1.80 bits per heavy atom. The number of ketones is 1. The lowest BCUT2D eigenvalue weighted by Gasteiger charge is -2.26. The van der Waals surface area contributed by atoms with Crippen LogP contribution in [0.3, 0.4) is 0 Å². The van der Waals surface area contributed by atoms with Gasteiger partial charge in [-0.05, 0) is 38.7 Å². The van der Waals surface area contributed by atoms with Crippen LogP contribution in [0.2, 0.25) is 0 Å². The van der Waals surface area contributed by atoms with Crippen LogP contribution in [0.1, 0.15) is 23.0 Å². The van der Waals surface area contributed by atoms with E-state index in [9.17, 15) is 14.7 Å². The number of imidazole rings is 1. The molecule has 0 aliphatic carbocycles. The van der Waals surface area contributed by atoms with Crippen LogP contribution in [0.4, 0.5) is 0 Å². The first-order valence-corrected chi connectivity index (χ1v) is 9.82. The molecule has 7 heteroatoms. The highest BCUT2D eigenvalue weighted by Gasteiger charge is 2.46. The number of likely N-dealkylation sites (N-methyl/N-ethyl adjacent to an activating group) is 1. The Kier molecular flexibility index (Phi) is 5.13. The molecular formula is C23H24N4O3. The van der Waals surface area contributed by atoms with Crippen LogP contribution in [0, 0.1) is 6.92 Å². The third-order valence-electron chi connectivity index (χ3n) is 5.37. The van der Waals surface area contributed by atoms with Crippen molar-refractivity contribution in [3.05, 3.63) is 77.3 Å². The van der Waals surface area contributed by atoms with Crippen LogP contribution in [-0.2, 0) is 9.59 Å². The average molecular weight is 404 g/mol. The molecule has 154 valence electrons. The van der Waals surface area contributed by atoms with Gasteiger partial charge >= 0.3 is 0 Å². The number of rotatable bonds is 5. The normalized spacial score (nSPS) is 18.7. The van der Waals surface area contributed by atoms with E-state index in [4.69, 9.17) is 0 Å². The molecule has 0 radical (unpaired) electrons. The minimum atomic E-state index is -0.676.